The van der Waals surface area contributed by atoms with Gasteiger partial charge in [-0.2, -0.15) is 0 Å². The highest BCUT2D eigenvalue weighted by Gasteiger charge is 2.24. The summed E-state index contributed by atoms with van der Waals surface area (Å²) in [5.41, 5.74) is 3.63. The molecular formula is C22H38. The van der Waals surface area contributed by atoms with Crippen molar-refractivity contribution < 1.29 is 0 Å². The minimum absolute atomic E-state index is 0.296. The first-order valence-corrected chi connectivity index (χ1v) is 9.44. The van der Waals surface area contributed by atoms with E-state index in [-0.39, 0.29) is 0 Å². The first-order chi connectivity index (χ1) is 10.3. The maximum atomic E-state index is 2.48. The van der Waals surface area contributed by atoms with Crippen LogP contribution in [0, 0.1) is 0 Å². The minimum Gasteiger partial charge on any atom is -0.0654 e. The molecule has 1 aromatic rings. The highest BCUT2D eigenvalue weighted by atomic mass is 14.3. The lowest BCUT2D eigenvalue weighted by molar-refractivity contribution is 0.437. The molecule has 0 aromatic heterocycles. The van der Waals surface area contributed by atoms with E-state index < -0.39 is 0 Å². The van der Waals surface area contributed by atoms with Crippen LogP contribution in [0.3, 0.4) is 0 Å². The summed E-state index contributed by atoms with van der Waals surface area (Å²) in [5, 5.41) is 0. The fourth-order valence-corrected chi connectivity index (χ4v) is 3.28. The molecule has 0 N–H and O–H groups in total. The van der Waals surface area contributed by atoms with Gasteiger partial charge in [-0.25, -0.2) is 0 Å². The molecule has 0 unspecified atom stereocenters. The standard InChI is InChI=1S/C22H38/c1-7-9-11-16-21(3,4)19-14-13-15-20(18-19)22(5,6)17-12-10-8-2/h13-15,18H,7-12,16-17H2,1-6H3. The molecule has 0 radical (unpaired) electrons. The van der Waals surface area contributed by atoms with Crippen LogP contribution in [0.25, 0.3) is 0 Å². The van der Waals surface area contributed by atoms with Gasteiger partial charge in [-0.15, -0.1) is 0 Å². The SMILES string of the molecule is CCCCCC(C)(C)c1cccc(C(C)(C)CCCCC)c1. The molecule has 22 heavy (non-hydrogen) atoms. The molecule has 0 aliphatic carbocycles. The summed E-state index contributed by atoms with van der Waals surface area (Å²) in [6.07, 6.45) is 10.6. The summed E-state index contributed by atoms with van der Waals surface area (Å²) in [4.78, 5) is 0. The Morgan fingerprint density at radius 3 is 1.45 bits per heavy atom. The van der Waals surface area contributed by atoms with Gasteiger partial charge in [0.05, 0.1) is 0 Å². The van der Waals surface area contributed by atoms with Crippen molar-refractivity contribution in [3.63, 3.8) is 0 Å². The molecule has 0 heteroatoms. The maximum absolute atomic E-state index is 2.48. The lowest BCUT2D eigenvalue weighted by atomic mass is 9.75. The van der Waals surface area contributed by atoms with Crippen molar-refractivity contribution in [1.29, 1.82) is 0 Å². The summed E-state index contributed by atoms with van der Waals surface area (Å²) < 4.78 is 0. The van der Waals surface area contributed by atoms with Gasteiger partial charge in [0, 0.05) is 0 Å². The molecular weight excluding hydrogens is 264 g/mol. The van der Waals surface area contributed by atoms with Crippen molar-refractivity contribution in [3.8, 4) is 0 Å². The van der Waals surface area contributed by atoms with Crippen LogP contribution >= 0.6 is 0 Å². The largest absolute Gasteiger partial charge is 0.0654 e. The predicted molar refractivity (Wildman–Crippen MR) is 101 cm³/mol. The van der Waals surface area contributed by atoms with Crippen molar-refractivity contribution in [2.24, 2.45) is 0 Å². The second-order valence-corrected chi connectivity index (χ2v) is 8.26. The molecule has 0 aliphatic rings. The average Bonchev–Trinajstić information content (AvgIpc) is 2.48. The zero-order valence-corrected chi connectivity index (χ0v) is 16.0. The van der Waals surface area contributed by atoms with Crippen LogP contribution < -0.4 is 0 Å². The third-order valence-corrected chi connectivity index (χ3v) is 5.24. The molecule has 0 bridgehead atoms. The van der Waals surface area contributed by atoms with E-state index in [1.165, 1.54) is 62.5 Å². The summed E-state index contributed by atoms with van der Waals surface area (Å²) >= 11 is 0. The number of hydrogen-bond donors (Lipinski definition) is 0. The Morgan fingerprint density at radius 2 is 1.09 bits per heavy atom. The topological polar surface area (TPSA) is 0 Å². The van der Waals surface area contributed by atoms with E-state index in [2.05, 4.69) is 65.8 Å². The van der Waals surface area contributed by atoms with Gasteiger partial charge in [0.1, 0.15) is 0 Å². The molecule has 126 valence electrons. The lowest BCUT2D eigenvalue weighted by Crippen LogP contribution is -2.21. The van der Waals surface area contributed by atoms with Gasteiger partial charge < -0.3 is 0 Å². The van der Waals surface area contributed by atoms with Gasteiger partial charge >= 0.3 is 0 Å². The summed E-state index contributed by atoms with van der Waals surface area (Å²) in [5.74, 6) is 0. The van der Waals surface area contributed by atoms with Crippen molar-refractivity contribution in [2.75, 3.05) is 0 Å². The van der Waals surface area contributed by atoms with Crippen LogP contribution in [0.4, 0.5) is 0 Å². The lowest BCUT2D eigenvalue weighted by Gasteiger charge is -2.30. The van der Waals surface area contributed by atoms with Crippen molar-refractivity contribution in [3.05, 3.63) is 35.4 Å². The highest BCUT2D eigenvalue weighted by molar-refractivity contribution is 5.33. The molecule has 0 spiro atoms. The Labute approximate surface area is 139 Å². The Hall–Kier alpha value is -0.780. The molecule has 0 atom stereocenters. The number of rotatable bonds is 10. The molecule has 0 saturated carbocycles. The minimum atomic E-state index is 0.296. The monoisotopic (exact) mass is 302 g/mol. The van der Waals surface area contributed by atoms with Gasteiger partial charge in [-0.3, -0.25) is 0 Å². The Bertz CT molecular complexity index is 388. The second kappa shape index (κ2) is 8.75. The highest BCUT2D eigenvalue weighted by Crippen LogP contribution is 2.34. The average molecular weight is 303 g/mol. The van der Waals surface area contributed by atoms with E-state index in [0.717, 1.165) is 0 Å². The maximum Gasteiger partial charge on any atom is -0.0103 e. The quantitative estimate of drug-likeness (QED) is 0.395. The van der Waals surface area contributed by atoms with Crippen LogP contribution in [-0.4, -0.2) is 0 Å². The van der Waals surface area contributed by atoms with E-state index in [1.807, 2.05) is 0 Å². The molecule has 1 rings (SSSR count). The van der Waals surface area contributed by atoms with E-state index in [4.69, 9.17) is 0 Å². The van der Waals surface area contributed by atoms with Gasteiger partial charge in [0.2, 0.25) is 0 Å². The van der Waals surface area contributed by atoms with Crippen LogP contribution in [0.15, 0.2) is 24.3 Å². The van der Waals surface area contributed by atoms with Gasteiger partial charge in [-0.1, -0.05) is 104 Å². The Kier molecular flexibility index (Phi) is 7.66. The van der Waals surface area contributed by atoms with Gasteiger partial charge in [0.25, 0.3) is 0 Å². The zero-order chi connectivity index (χ0) is 16.6. The van der Waals surface area contributed by atoms with Crippen molar-refractivity contribution in [1.82, 2.24) is 0 Å². The first kappa shape index (κ1) is 19.3. The van der Waals surface area contributed by atoms with E-state index in [0.29, 0.717) is 10.8 Å². The van der Waals surface area contributed by atoms with Crippen LogP contribution in [0.1, 0.15) is 104 Å². The van der Waals surface area contributed by atoms with Crippen molar-refractivity contribution >= 4 is 0 Å². The first-order valence-electron chi connectivity index (χ1n) is 9.44. The fraction of sp³-hybridized carbons (Fsp3) is 0.727. The molecule has 0 heterocycles. The molecule has 0 saturated heterocycles. The number of unbranched alkanes of at least 4 members (excludes halogenated alkanes) is 4. The summed E-state index contributed by atoms with van der Waals surface area (Å²) in [7, 11) is 0. The van der Waals surface area contributed by atoms with E-state index >= 15 is 0 Å². The normalized spacial score (nSPS) is 12.6. The van der Waals surface area contributed by atoms with Crippen LogP contribution in [0.2, 0.25) is 0 Å². The van der Waals surface area contributed by atoms with Gasteiger partial charge in [0.15, 0.2) is 0 Å². The Balaban J connectivity index is 2.83. The molecule has 1 aromatic carbocycles. The third kappa shape index (κ3) is 5.78. The number of hydrogen-bond acceptors (Lipinski definition) is 0. The molecule has 0 fully saturated rings. The summed E-state index contributed by atoms with van der Waals surface area (Å²) in [6, 6.07) is 9.42. The van der Waals surface area contributed by atoms with Crippen molar-refractivity contribution in [2.45, 2.75) is 104 Å². The molecule has 0 amide bonds. The van der Waals surface area contributed by atoms with E-state index in [1.54, 1.807) is 0 Å². The number of benzene rings is 1. The predicted octanol–water partition coefficient (Wildman–Crippen LogP) is 7.40. The Morgan fingerprint density at radius 1 is 0.682 bits per heavy atom. The van der Waals surface area contributed by atoms with E-state index in [9.17, 15) is 0 Å². The fourth-order valence-electron chi connectivity index (χ4n) is 3.28. The molecule has 0 aliphatic heterocycles. The van der Waals surface area contributed by atoms with Crippen LogP contribution in [-0.2, 0) is 10.8 Å². The zero-order valence-electron chi connectivity index (χ0n) is 16.0. The smallest absolute Gasteiger partial charge is 0.0103 e. The molecule has 0 nitrogen and oxygen atoms in total. The second-order valence-electron chi connectivity index (χ2n) is 8.26. The van der Waals surface area contributed by atoms with Crippen LogP contribution in [0.5, 0.6) is 0 Å². The van der Waals surface area contributed by atoms with Gasteiger partial charge in [-0.05, 0) is 34.8 Å². The summed E-state index contributed by atoms with van der Waals surface area (Å²) in [6.45, 7) is 14.2. The third-order valence-electron chi connectivity index (χ3n) is 5.24.